The van der Waals surface area contributed by atoms with Gasteiger partial charge in [-0.3, -0.25) is 9.48 Å². The van der Waals surface area contributed by atoms with Crippen LogP contribution in [0.2, 0.25) is 0 Å². The van der Waals surface area contributed by atoms with Crippen LogP contribution in [-0.2, 0) is 11.3 Å². The number of carbonyl (C=O) groups excluding carboxylic acids is 1. The number of benzene rings is 1. The molecule has 0 aliphatic carbocycles. The van der Waals surface area contributed by atoms with Gasteiger partial charge in [-0.25, -0.2) is 0 Å². The highest BCUT2D eigenvalue weighted by Gasteiger charge is 2.17. The maximum absolute atomic E-state index is 12.3. The minimum absolute atomic E-state index is 0.160. The van der Waals surface area contributed by atoms with Crippen LogP contribution in [0.25, 0.3) is 6.08 Å². The summed E-state index contributed by atoms with van der Waals surface area (Å²) >= 11 is 0. The molecule has 0 fully saturated rings. The number of aromatic nitrogens is 2. The summed E-state index contributed by atoms with van der Waals surface area (Å²) in [4.78, 5) is 14.4. The van der Waals surface area contributed by atoms with E-state index in [1.54, 1.807) is 6.20 Å². The summed E-state index contributed by atoms with van der Waals surface area (Å²) < 4.78 is 7.43. The SMILES string of the molecule is CN(C)CCn1cc(NC(=O)C2=Cc3ccccc3OC2)cn1. The largest absolute Gasteiger partial charge is 0.488 e. The van der Waals surface area contributed by atoms with E-state index < -0.39 is 0 Å². The van der Waals surface area contributed by atoms with Crippen molar-refractivity contribution >= 4 is 17.7 Å². The summed E-state index contributed by atoms with van der Waals surface area (Å²) in [5, 5.41) is 7.11. The van der Waals surface area contributed by atoms with Gasteiger partial charge in [0.1, 0.15) is 12.4 Å². The van der Waals surface area contributed by atoms with E-state index in [-0.39, 0.29) is 12.5 Å². The van der Waals surface area contributed by atoms with Crippen molar-refractivity contribution in [2.45, 2.75) is 6.54 Å². The average Bonchev–Trinajstić information content (AvgIpc) is 3.00. The molecule has 23 heavy (non-hydrogen) atoms. The average molecular weight is 312 g/mol. The van der Waals surface area contributed by atoms with Crippen molar-refractivity contribution < 1.29 is 9.53 Å². The quantitative estimate of drug-likeness (QED) is 0.915. The first-order chi connectivity index (χ1) is 11.1. The summed E-state index contributed by atoms with van der Waals surface area (Å²) in [5.74, 6) is 0.646. The first-order valence-corrected chi connectivity index (χ1v) is 7.53. The number of fused-ring (bicyclic) bond motifs is 1. The number of rotatable bonds is 5. The van der Waals surface area contributed by atoms with Crippen molar-refractivity contribution in [3.05, 3.63) is 47.8 Å². The molecule has 0 unspecified atom stereocenters. The van der Waals surface area contributed by atoms with Gasteiger partial charge in [-0.15, -0.1) is 0 Å². The fourth-order valence-corrected chi connectivity index (χ4v) is 2.31. The number of hydrogen-bond donors (Lipinski definition) is 1. The predicted molar refractivity (Wildman–Crippen MR) is 89.3 cm³/mol. The number of nitrogens with zero attached hydrogens (tertiary/aromatic N) is 3. The minimum atomic E-state index is -0.160. The highest BCUT2D eigenvalue weighted by atomic mass is 16.5. The van der Waals surface area contributed by atoms with Crippen molar-refractivity contribution in [3.63, 3.8) is 0 Å². The molecular weight excluding hydrogens is 292 g/mol. The number of carbonyl (C=O) groups is 1. The molecule has 0 bridgehead atoms. The van der Waals surface area contributed by atoms with Crippen molar-refractivity contribution in [2.24, 2.45) is 0 Å². The van der Waals surface area contributed by atoms with Crippen molar-refractivity contribution in [1.82, 2.24) is 14.7 Å². The van der Waals surface area contributed by atoms with Gasteiger partial charge in [0, 0.05) is 18.3 Å². The lowest BCUT2D eigenvalue weighted by molar-refractivity contribution is -0.113. The Morgan fingerprint density at radius 1 is 1.39 bits per heavy atom. The Morgan fingerprint density at radius 2 is 2.22 bits per heavy atom. The lowest BCUT2D eigenvalue weighted by Gasteiger charge is -2.17. The number of likely N-dealkylation sites (N-methyl/N-ethyl adjacent to an activating group) is 1. The van der Waals surface area contributed by atoms with E-state index in [2.05, 4.69) is 15.3 Å². The first kappa shape index (κ1) is 15.3. The normalized spacial score (nSPS) is 13.3. The molecule has 1 N–H and O–H groups in total. The molecule has 1 aliphatic heterocycles. The summed E-state index contributed by atoms with van der Waals surface area (Å²) in [6, 6.07) is 7.67. The van der Waals surface area contributed by atoms with Gasteiger partial charge in [0.2, 0.25) is 0 Å². The summed E-state index contributed by atoms with van der Waals surface area (Å²) in [5.41, 5.74) is 2.21. The van der Waals surface area contributed by atoms with Gasteiger partial charge in [0.05, 0.1) is 24.0 Å². The number of ether oxygens (including phenoxy) is 1. The molecule has 1 amide bonds. The Hall–Kier alpha value is -2.60. The van der Waals surface area contributed by atoms with E-state index >= 15 is 0 Å². The highest BCUT2D eigenvalue weighted by Crippen LogP contribution is 2.26. The van der Waals surface area contributed by atoms with E-state index in [4.69, 9.17) is 4.74 Å². The summed E-state index contributed by atoms with van der Waals surface area (Å²) in [6.45, 7) is 1.95. The van der Waals surface area contributed by atoms with Crippen LogP contribution in [0.5, 0.6) is 5.75 Å². The zero-order valence-corrected chi connectivity index (χ0v) is 13.3. The first-order valence-electron chi connectivity index (χ1n) is 7.53. The standard InChI is InChI=1S/C17H20N4O2/c1-20(2)7-8-21-11-15(10-18-21)19-17(22)14-9-13-5-3-4-6-16(13)23-12-14/h3-6,9-11H,7-8,12H2,1-2H3,(H,19,22). The zero-order chi connectivity index (χ0) is 16.2. The molecule has 6 heteroatoms. The second-order valence-electron chi connectivity index (χ2n) is 5.75. The van der Waals surface area contributed by atoms with Crippen LogP contribution in [0.4, 0.5) is 5.69 Å². The highest BCUT2D eigenvalue weighted by molar-refractivity contribution is 6.07. The van der Waals surface area contributed by atoms with Crippen molar-refractivity contribution in [1.29, 1.82) is 0 Å². The monoisotopic (exact) mass is 312 g/mol. The molecule has 2 aromatic rings. The second kappa shape index (κ2) is 6.66. The van der Waals surface area contributed by atoms with Gasteiger partial charge in [0.25, 0.3) is 5.91 Å². The number of para-hydroxylation sites is 1. The van der Waals surface area contributed by atoms with E-state index in [9.17, 15) is 4.79 Å². The van der Waals surface area contributed by atoms with Crippen LogP contribution in [0.1, 0.15) is 5.56 Å². The van der Waals surface area contributed by atoms with E-state index in [1.165, 1.54) is 0 Å². The van der Waals surface area contributed by atoms with Gasteiger partial charge < -0.3 is 15.0 Å². The van der Waals surface area contributed by atoms with Crippen LogP contribution in [0.3, 0.4) is 0 Å². The molecule has 0 saturated heterocycles. The fraction of sp³-hybridized carbons (Fsp3) is 0.294. The predicted octanol–water partition coefficient (Wildman–Crippen LogP) is 1.86. The van der Waals surface area contributed by atoms with Crippen molar-refractivity contribution in [2.75, 3.05) is 32.6 Å². The Morgan fingerprint density at radius 3 is 3.04 bits per heavy atom. The summed E-state index contributed by atoms with van der Waals surface area (Å²) in [6.07, 6.45) is 5.36. The van der Waals surface area contributed by atoms with E-state index in [0.29, 0.717) is 11.3 Å². The maximum Gasteiger partial charge on any atom is 0.255 e. The van der Waals surface area contributed by atoms with Gasteiger partial charge in [-0.1, -0.05) is 18.2 Å². The molecule has 0 spiro atoms. The van der Waals surface area contributed by atoms with Crippen LogP contribution < -0.4 is 10.1 Å². The smallest absolute Gasteiger partial charge is 0.255 e. The lowest BCUT2D eigenvalue weighted by Crippen LogP contribution is -2.21. The van der Waals surface area contributed by atoms with Gasteiger partial charge in [-0.2, -0.15) is 5.10 Å². The summed E-state index contributed by atoms with van der Waals surface area (Å²) in [7, 11) is 4.03. The third-order valence-corrected chi connectivity index (χ3v) is 3.59. The Kier molecular flexibility index (Phi) is 4.43. The number of hydrogen-bond acceptors (Lipinski definition) is 4. The molecule has 1 aromatic carbocycles. The Labute approximate surface area is 135 Å². The fourth-order valence-electron chi connectivity index (χ4n) is 2.31. The molecule has 120 valence electrons. The number of amides is 1. The van der Waals surface area contributed by atoms with E-state index in [0.717, 1.165) is 24.4 Å². The van der Waals surface area contributed by atoms with Crippen molar-refractivity contribution in [3.8, 4) is 5.75 Å². The molecular formula is C17H20N4O2. The molecule has 3 rings (SSSR count). The van der Waals surface area contributed by atoms with Crippen LogP contribution in [0, 0.1) is 0 Å². The van der Waals surface area contributed by atoms with Crippen LogP contribution in [0.15, 0.2) is 42.2 Å². The zero-order valence-electron chi connectivity index (χ0n) is 13.3. The number of anilines is 1. The van der Waals surface area contributed by atoms with Gasteiger partial charge >= 0.3 is 0 Å². The van der Waals surface area contributed by atoms with Crippen LogP contribution >= 0.6 is 0 Å². The molecule has 0 atom stereocenters. The Bertz CT molecular complexity index is 734. The molecule has 1 aromatic heterocycles. The third kappa shape index (κ3) is 3.78. The molecule has 0 saturated carbocycles. The molecule has 6 nitrogen and oxygen atoms in total. The van der Waals surface area contributed by atoms with Gasteiger partial charge in [-0.05, 0) is 26.2 Å². The van der Waals surface area contributed by atoms with E-state index in [1.807, 2.05) is 55.3 Å². The molecule has 2 heterocycles. The third-order valence-electron chi connectivity index (χ3n) is 3.59. The maximum atomic E-state index is 12.3. The second-order valence-corrected chi connectivity index (χ2v) is 5.75. The van der Waals surface area contributed by atoms with Gasteiger partial charge in [0.15, 0.2) is 0 Å². The molecule has 0 radical (unpaired) electrons. The topological polar surface area (TPSA) is 59.4 Å². The minimum Gasteiger partial charge on any atom is -0.488 e. The number of nitrogens with one attached hydrogen (secondary N) is 1. The Balaban J connectivity index is 1.65. The molecule has 1 aliphatic rings. The van der Waals surface area contributed by atoms with Crippen LogP contribution in [-0.4, -0.2) is 47.8 Å². The lowest BCUT2D eigenvalue weighted by atomic mass is 10.1.